The Bertz CT molecular complexity index is 345. The molecule has 96 valence electrons. The van der Waals surface area contributed by atoms with Gasteiger partial charge in [0, 0.05) is 37.7 Å². The van der Waals surface area contributed by atoms with Crippen molar-refractivity contribution in [2.45, 2.75) is 32.8 Å². The van der Waals surface area contributed by atoms with Gasteiger partial charge in [-0.2, -0.15) is 0 Å². The van der Waals surface area contributed by atoms with Gasteiger partial charge < -0.3 is 15.1 Å². The van der Waals surface area contributed by atoms with Crippen molar-refractivity contribution >= 4 is 5.95 Å². The summed E-state index contributed by atoms with van der Waals surface area (Å²) in [6.45, 7) is 2.98. The zero-order valence-electron chi connectivity index (χ0n) is 10.6. The van der Waals surface area contributed by atoms with E-state index < -0.39 is 0 Å². The largest absolute Gasteiger partial charge is 0.396 e. The molecule has 5 heteroatoms. The van der Waals surface area contributed by atoms with Crippen LogP contribution in [-0.4, -0.2) is 40.4 Å². The van der Waals surface area contributed by atoms with E-state index >= 15 is 0 Å². The summed E-state index contributed by atoms with van der Waals surface area (Å²) in [4.78, 5) is 10.6. The summed E-state index contributed by atoms with van der Waals surface area (Å²) >= 11 is 0. The van der Waals surface area contributed by atoms with Gasteiger partial charge in [0.2, 0.25) is 5.95 Å². The van der Waals surface area contributed by atoms with E-state index in [9.17, 15) is 0 Å². The zero-order chi connectivity index (χ0) is 12.7. The van der Waals surface area contributed by atoms with E-state index in [-0.39, 0.29) is 13.2 Å². The monoisotopic (exact) mass is 239 g/mol. The summed E-state index contributed by atoms with van der Waals surface area (Å²) in [6, 6.07) is 0. The first-order valence-corrected chi connectivity index (χ1v) is 5.94. The van der Waals surface area contributed by atoms with E-state index in [1.54, 1.807) is 6.20 Å². The molecule has 0 saturated heterocycles. The Balaban J connectivity index is 2.51. The van der Waals surface area contributed by atoms with Gasteiger partial charge in [0.05, 0.1) is 6.61 Å². The standard InChI is InChI=1S/C12H21N3O2/c1-10-11(9-17)8-13-12(14-10)15(2)6-4-3-5-7-16/h8,16-17H,3-7,9H2,1-2H3. The molecule has 1 rings (SSSR count). The first kappa shape index (κ1) is 13.9. The summed E-state index contributed by atoms with van der Waals surface area (Å²) in [6.07, 6.45) is 4.54. The molecule has 0 aliphatic rings. The quantitative estimate of drug-likeness (QED) is 0.691. The molecule has 1 heterocycles. The molecule has 17 heavy (non-hydrogen) atoms. The van der Waals surface area contributed by atoms with E-state index in [1.807, 2.05) is 18.9 Å². The molecule has 0 fully saturated rings. The van der Waals surface area contributed by atoms with Crippen molar-refractivity contribution in [3.63, 3.8) is 0 Å². The second kappa shape index (κ2) is 7.19. The fourth-order valence-electron chi connectivity index (χ4n) is 1.56. The lowest BCUT2D eigenvalue weighted by atomic mass is 10.2. The Morgan fingerprint density at radius 2 is 2.00 bits per heavy atom. The van der Waals surface area contributed by atoms with Gasteiger partial charge in [-0.1, -0.05) is 0 Å². The van der Waals surface area contributed by atoms with E-state index in [1.165, 1.54) is 0 Å². The van der Waals surface area contributed by atoms with Crippen LogP contribution in [0, 0.1) is 6.92 Å². The third-order valence-electron chi connectivity index (χ3n) is 2.73. The highest BCUT2D eigenvalue weighted by molar-refractivity contribution is 5.31. The molecule has 0 aliphatic carbocycles. The number of aliphatic hydroxyl groups excluding tert-OH is 2. The molecule has 0 atom stereocenters. The second-order valence-electron chi connectivity index (χ2n) is 4.14. The third-order valence-corrected chi connectivity index (χ3v) is 2.73. The van der Waals surface area contributed by atoms with Gasteiger partial charge in [-0.15, -0.1) is 0 Å². The topological polar surface area (TPSA) is 69.5 Å². The predicted molar refractivity (Wildman–Crippen MR) is 66.9 cm³/mol. The summed E-state index contributed by atoms with van der Waals surface area (Å²) < 4.78 is 0. The minimum Gasteiger partial charge on any atom is -0.396 e. The normalized spacial score (nSPS) is 10.6. The molecule has 0 spiro atoms. The molecule has 0 saturated carbocycles. The highest BCUT2D eigenvalue weighted by Crippen LogP contribution is 2.10. The van der Waals surface area contributed by atoms with Crippen LogP contribution in [0.5, 0.6) is 0 Å². The first-order valence-electron chi connectivity index (χ1n) is 5.94. The molecule has 0 unspecified atom stereocenters. The number of hydrogen-bond acceptors (Lipinski definition) is 5. The predicted octanol–water partition coefficient (Wildman–Crippen LogP) is 0.876. The number of anilines is 1. The van der Waals surface area contributed by atoms with E-state index in [0.717, 1.165) is 37.1 Å². The number of nitrogens with zero attached hydrogens (tertiary/aromatic N) is 3. The van der Waals surface area contributed by atoms with Crippen LogP contribution < -0.4 is 4.90 Å². The Morgan fingerprint density at radius 1 is 1.24 bits per heavy atom. The average Bonchev–Trinajstić information content (AvgIpc) is 2.34. The van der Waals surface area contributed by atoms with Crippen molar-refractivity contribution in [2.75, 3.05) is 25.1 Å². The molecule has 5 nitrogen and oxygen atoms in total. The van der Waals surface area contributed by atoms with Crippen molar-refractivity contribution in [2.24, 2.45) is 0 Å². The van der Waals surface area contributed by atoms with Crippen molar-refractivity contribution < 1.29 is 10.2 Å². The van der Waals surface area contributed by atoms with Crippen LogP contribution >= 0.6 is 0 Å². The number of aromatic nitrogens is 2. The second-order valence-corrected chi connectivity index (χ2v) is 4.14. The maximum absolute atomic E-state index is 9.03. The zero-order valence-corrected chi connectivity index (χ0v) is 10.6. The summed E-state index contributed by atoms with van der Waals surface area (Å²) in [5.74, 6) is 0.684. The van der Waals surface area contributed by atoms with Crippen LogP contribution in [0.2, 0.25) is 0 Å². The fourth-order valence-corrected chi connectivity index (χ4v) is 1.56. The van der Waals surface area contributed by atoms with Crippen LogP contribution in [0.4, 0.5) is 5.95 Å². The third kappa shape index (κ3) is 4.28. The smallest absolute Gasteiger partial charge is 0.225 e. The number of aryl methyl sites for hydroxylation is 1. The van der Waals surface area contributed by atoms with Gasteiger partial charge in [-0.25, -0.2) is 9.97 Å². The van der Waals surface area contributed by atoms with Crippen LogP contribution in [0.1, 0.15) is 30.5 Å². The maximum Gasteiger partial charge on any atom is 0.225 e. The fraction of sp³-hybridized carbons (Fsp3) is 0.667. The van der Waals surface area contributed by atoms with Gasteiger partial charge >= 0.3 is 0 Å². The van der Waals surface area contributed by atoms with Gasteiger partial charge in [-0.05, 0) is 26.2 Å². The Morgan fingerprint density at radius 3 is 2.59 bits per heavy atom. The van der Waals surface area contributed by atoms with Crippen LogP contribution in [0.25, 0.3) is 0 Å². The number of rotatable bonds is 7. The van der Waals surface area contributed by atoms with Crippen molar-refractivity contribution in [3.8, 4) is 0 Å². The van der Waals surface area contributed by atoms with Crippen molar-refractivity contribution in [1.29, 1.82) is 0 Å². The average molecular weight is 239 g/mol. The molecular weight excluding hydrogens is 218 g/mol. The number of unbranched alkanes of at least 4 members (excludes halogenated alkanes) is 2. The van der Waals surface area contributed by atoms with E-state index in [0.29, 0.717) is 5.95 Å². The summed E-state index contributed by atoms with van der Waals surface area (Å²) in [5, 5.41) is 17.7. The van der Waals surface area contributed by atoms with Crippen molar-refractivity contribution in [1.82, 2.24) is 9.97 Å². The van der Waals surface area contributed by atoms with Gasteiger partial charge in [0.25, 0.3) is 0 Å². The molecule has 0 radical (unpaired) electrons. The minimum absolute atomic E-state index is 0.0215. The number of hydrogen-bond donors (Lipinski definition) is 2. The van der Waals surface area contributed by atoms with E-state index in [4.69, 9.17) is 10.2 Å². The van der Waals surface area contributed by atoms with Gasteiger partial charge in [0.1, 0.15) is 0 Å². The number of aliphatic hydroxyl groups is 2. The maximum atomic E-state index is 9.03. The van der Waals surface area contributed by atoms with Crippen molar-refractivity contribution in [3.05, 3.63) is 17.5 Å². The SMILES string of the molecule is Cc1nc(N(C)CCCCCO)ncc1CO. The Hall–Kier alpha value is -1.20. The summed E-state index contributed by atoms with van der Waals surface area (Å²) in [5.41, 5.74) is 1.59. The molecule has 0 aromatic carbocycles. The highest BCUT2D eigenvalue weighted by Gasteiger charge is 2.06. The lowest BCUT2D eigenvalue weighted by molar-refractivity contribution is 0.280. The molecule has 0 bridgehead atoms. The summed E-state index contributed by atoms with van der Waals surface area (Å²) in [7, 11) is 1.95. The van der Waals surface area contributed by atoms with Crippen LogP contribution in [-0.2, 0) is 6.61 Å². The minimum atomic E-state index is -0.0215. The molecule has 1 aromatic heterocycles. The molecule has 2 N–H and O–H groups in total. The van der Waals surface area contributed by atoms with Crippen LogP contribution in [0.15, 0.2) is 6.20 Å². The Labute approximate surface area is 102 Å². The van der Waals surface area contributed by atoms with Gasteiger partial charge in [0.15, 0.2) is 0 Å². The van der Waals surface area contributed by atoms with Crippen LogP contribution in [0.3, 0.4) is 0 Å². The first-order chi connectivity index (χ1) is 8.19. The molecule has 0 amide bonds. The lowest BCUT2D eigenvalue weighted by Crippen LogP contribution is -2.21. The molecule has 0 aliphatic heterocycles. The molecular formula is C12H21N3O2. The van der Waals surface area contributed by atoms with E-state index in [2.05, 4.69) is 9.97 Å². The lowest BCUT2D eigenvalue weighted by Gasteiger charge is -2.17. The Kier molecular flexibility index (Phi) is 5.86. The molecule has 1 aromatic rings. The highest BCUT2D eigenvalue weighted by atomic mass is 16.3. The van der Waals surface area contributed by atoms with Gasteiger partial charge in [-0.3, -0.25) is 0 Å².